The van der Waals surface area contributed by atoms with E-state index in [0.29, 0.717) is 11.3 Å². The molecular formula is C13H13FN4O. The highest BCUT2D eigenvalue weighted by Crippen LogP contribution is 2.18. The zero-order chi connectivity index (χ0) is 13.8. The number of halogens is 1. The molecular weight excluding hydrogens is 247 g/mol. The van der Waals surface area contributed by atoms with E-state index in [9.17, 15) is 9.18 Å². The van der Waals surface area contributed by atoms with E-state index in [4.69, 9.17) is 0 Å². The number of hydrogen-bond donors (Lipinski definition) is 2. The summed E-state index contributed by atoms with van der Waals surface area (Å²) >= 11 is 0. The van der Waals surface area contributed by atoms with Crippen molar-refractivity contribution in [2.45, 2.75) is 6.92 Å². The van der Waals surface area contributed by atoms with Crippen LogP contribution < -0.4 is 10.6 Å². The SMILES string of the molecule is CNc1cc(C)ncc1C(=O)Nc1ccncc1F. The van der Waals surface area contributed by atoms with Gasteiger partial charge in [0.05, 0.1) is 23.1 Å². The highest BCUT2D eigenvalue weighted by Gasteiger charge is 2.13. The summed E-state index contributed by atoms with van der Waals surface area (Å²) in [5.74, 6) is -1.01. The fraction of sp³-hybridized carbons (Fsp3) is 0.154. The molecule has 2 aromatic heterocycles. The summed E-state index contributed by atoms with van der Waals surface area (Å²) in [5.41, 5.74) is 1.86. The van der Waals surface area contributed by atoms with Gasteiger partial charge in [-0.2, -0.15) is 0 Å². The van der Waals surface area contributed by atoms with Gasteiger partial charge in [-0.05, 0) is 19.1 Å². The Kier molecular flexibility index (Phi) is 3.70. The maximum atomic E-state index is 13.4. The van der Waals surface area contributed by atoms with Crippen LogP contribution in [0.1, 0.15) is 16.1 Å². The number of carbonyl (C=O) groups is 1. The van der Waals surface area contributed by atoms with Crippen LogP contribution in [0.15, 0.2) is 30.7 Å². The van der Waals surface area contributed by atoms with Gasteiger partial charge in [-0.1, -0.05) is 0 Å². The van der Waals surface area contributed by atoms with Crippen LogP contribution in [-0.4, -0.2) is 22.9 Å². The van der Waals surface area contributed by atoms with Crippen LogP contribution in [0.25, 0.3) is 0 Å². The Morgan fingerprint density at radius 2 is 2.11 bits per heavy atom. The largest absolute Gasteiger partial charge is 0.387 e. The van der Waals surface area contributed by atoms with Crippen LogP contribution in [-0.2, 0) is 0 Å². The molecule has 0 aromatic carbocycles. The fourth-order valence-electron chi connectivity index (χ4n) is 1.61. The van der Waals surface area contributed by atoms with E-state index in [1.165, 1.54) is 18.5 Å². The second kappa shape index (κ2) is 5.43. The maximum Gasteiger partial charge on any atom is 0.259 e. The first-order chi connectivity index (χ1) is 9.11. The van der Waals surface area contributed by atoms with E-state index < -0.39 is 11.7 Å². The lowest BCUT2D eigenvalue weighted by atomic mass is 10.2. The van der Waals surface area contributed by atoms with Gasteiger partial charge in [-0.25, -0.2) is 4.39 Å². The lowest BCUT2D eigenvalue weighted by Crippen LogP contribution is -2.15. The molecule has 6 heteroatoms. The van der Waals surface area contributed by atoms with E-state index in [1.54, 1.807) is 13.1 Å². The van der Waals surface area contributed by atoms with E-state index in [0.717, 1.165) is 11.9 Å². The van der Waals surface area contributed by atoms with Gasteiger partial charge in [0, 0.05) is 25.1 Å². The molecule has 0 aliphatic heterocycles. The van der Waals surface area contributed by atoms with E-state index in [2.05, 4.69) is 20.6 Å². The van der Waals surface area contributed by atoms with Crippen molar-refractivity contribution < 1.29 is 9.18 Å². The lowest BCUT2D eigenvalue weighted by molar-refractivity contribution is 0.102. The number of nitrogens with zero attached hydrogens (tertiary/aromatic N) is 2. The summed E-state index contributed by atoms with van der Waals surface area (Å²) in [7, 11) is 1.71. The van der Waals surface area contributed by atoms with Crippen molar-refractivity contribution in [1.82, 2.24) is 9.97 Å². The van der Waals surface area contributed by atoms with Gasteiger partial charge in [-0.3, -0.25) is 14.8 Å². The highest BCUT2D eigenvalue weighted by molar-refractivity contribution is 6.07. The molecule has 0 radical (unpaired) electrons. The zero-order valence-corrected chi connectivity index (χ0v) is 10.6. The average molecular weight is 260 g/mol. The van der Waals surface area contributed by atoms with Crippen molar-refractivity contribution in [3.63, 3.8) is 0 Å². The summed E-state index contributed by atoms with van der Waals surface area (Å²) in [6, 6.07) is 3.14. The topological polar surface area (TPSA) is 66.9 Å². The van der Waals surface area contributed by atoms with Gasteiger partial charge in [-0.15, -0.1) is 0 Å². The van der Waals surface area contributed by atoms with Crippen molar-refractivity contribution >= 4 is 17.3 Å². The van der Waals surface area contributed by atoms with Gasteiger partial charge in [0.15, 0.2) is 5.82 Å². The maximum absolute atomic E-state index is 13.4. The summed E-state index contributed by atoms with van der Waals surface area (Å²) in [4.78, 5) is 19.8. The molecule has 19 heavy (non-hydrogen) atoms. The Balaban J connectivity index is 2.28. The predicted octanol–water partition coefficient (Wildman–Crippen LogP) is 2.22. The van der Waals surface area contributed by atoms with Gasteiger partial charge in [0.2, 0.25) is 0 Å². The molecule has 0 aliphatic carbocycles. The Morgan fingerprint density at radius 3 is 2.79 bits per heavy atom. The van der Waals surface area contributed by atoms with Gasteiger partial charge in [0.1, 0.15) is 0 Å². The third-order valence-electron chi connectivity index (χ3n) is 2.58. The summed E-state index contributed by atoms with van der Waals surface area (Å²) in [6.45, 7) is 1.82. The lowest BCUT2D eigenvalue weighted by Gasteiger charge is -2.10. The van der Waals surface area contributed by atoms with Crippen LogP contribution >= 0.6 is 0 Å². The van der Waals surface area contributed by atoms with Crippen LogP contribution in [0, 0.1) is 12.7 Å². The molecule has 2 rings (SSSR count). The molecule has 0 spiro atoms. The molecule has 0 saturated carbocycles. The summed E-state index contributed by atoms with van der Waals surface area (Å²) in [5, 5.41) is 5.40. The van der Waals surface area contributed by atoms with E-state index in [-0.39, 0.29) is 5.69 Å². The molecule has 1 amide bonds. The summed E-state index contributed by atoms with van der Waals surface area (Å²) < 4.78 is 13.4. The normalized spacial score (nSPS) is 10.1. The predicted molar refractivity (Wildman–Crippen MR) is 70.7 cm³/mol. The highest BCUT2D eigenvalue weighted by atomic mass is 19.1. The Morgan fingerprint density at radius 1 is 1.32 bits per heavy atom. The molecule has 0 aliphatic rings. The second-order valence-electron chi connectivity index (χ2n) is 3.93. The molecule has 2 N–H and O–H groups in total. The molecule has 2 heterocycles. The number of carbonyl (C=O) groups excluding carboxylic acids is 1. The van der Waals surface area contributed by atoms with Gasteiger partial charge < -0.3 is 10.6 Å². The first-order valence-electron chi connectivity index (χ1n) is 5.67. The Bertz CT molecular complexity index is 615. The number of aryl methyl sites for hydroxylation is 1. The molecule has 5 nitrogen and oxygen atoms in total. The first kappa shape index (κ1) is 12.9. The quantitative estimate of drug-likeness (QED) is 0.888. The molecule has 0 bridgehead atoms. The zero-order valence-electron chi connectivity index (χ0n) is 10.6. The molecule has 98 valence electrons. The smallest absolute Gasteiger partial charge is 0.259 e. The molecule has 0 saturated heterocycles. The van der Waals surface area contributed by atoms with Crippen molar-refractivity contribution in [1.29, 1.82) is 0 Å². The minimum absolute atomic E-state index is 0.0858. The number of hydrogen-bond acceptors (Lipinski definition) is 4. The second-order valence-corrected chi connectivity index (χ2v) is 3.93. The van der Waals surface area contributed by atoms with Crippen molar-refractivity contribution in [3.8, 4) is 0 Å². The minimum Gasteiger partial charge on any atom is -0.387 e. The number of anilines is 2. The molecule has 0 fully saturated rings. The first-order valence-corrected chi connectivity index (χ1v) is 5.67. The van der Waals surface area contributed by atoms with Crippen molar-refractivity contribution in [2.24, 2.45) is 0 Å². The minimum atomic E-state index is -0.582. The number of pyridine rings is 2. The Hall–Kier alpha value is -2.50. The van der Waals surface area contributed by atoms with Crippen LogP contribution in [0.4, 0.5) is 15.8 Å². The van der Waals surface area contributed by atoms with Gasteiger partial charge in [0.25, 0.3) is 5.91 Å². The average Bonchev–Trinajstić information content (AvgIpc) is 2.41. The van der Waals surface area contributed by atoms with Crippen LogP contribution in [0.2, 0.25) is 0 Å². The number of aromatic nitrogens is 2. The van der Waals surface area contributed by atoms with Crippen molar-refractivity contribution in [3.05, 3.63) is 47.8 Å². The number of amides is 1. The third kappa shape index (κ3) is 2.85. The van der Waals surface area contributed by atoms with E-state index in [1.807, 2.05) is 6.92 Å². The van der Waals surface area contributed by atoms with Crippen LogP contribution in [0.3, 0.4) is 0 Å². The summed E-state index contributed by atoms with van der Waals surface area (Å²) in [6.07, 6.45) is 3.91. The number of rotatable bonds is 3. The Labute approximate surface area is 109 Å². The molecule has 0 unspecified atom stereocenters. The molecule has 0 atom stereocenters. The molecule has 2 aromatic rings. The van der Waals surface area contributed by atoms with Gasteiger partial charge >= 0.3 is 0 Å². The third-order valence-corrected chi connectivity index (χ3v) is 2.58. The van der Waals surface area contributed by atoms with E-state index >= 15 is 0 Å². The standard InChI is InChI=1S/C13H13FN4O/c1-8-5-12(15-2)9(6-17-8)13(19)18-11-3-4-16-7-10(11)14/h3-7H,1-2H3,(H,15,17)(H,16,18,19). The van der Waals surface area contributed by atoms with Crippen LogP contribution in [0.5, 0.6) is 0 Å². The number of nitrogens with one attached hydrogen (secondary N) is 2. The monoisotopic (exact) mass is 260 g/mol. The van der Waals surface area contributed by atoms with Crippen molar-refractivity contribution in [2.75, 3.05) is 17.7 Å². The fourth-order valence-corrected chi connectivity index (χ4v) is 1.61.